The lowest BCUT2D eigenvalue weighted by Crippen LogP contribution is -2.65. The third-order valence-corrected chi connectivity index (χ3v) is 6.78. The second kappa shape index (κ2) is 11.3. The molecule has 166 valence electrons. The minimum Gasteiger partial charge on any atom is -0.391 e. The molecule has 2 heterocycles. The van der Waals surface area contributed by atoms with Crippen molar-refractivity contribution in [3.8, 4) is 0 Å². The number of hydrogen-bond acceptors (Lipinski definition) is 8. The average molecular weight is 443 g/mol. The Morgan fingerprint density at radius 3 is 2.50 bits per heavy atom. The molecule has 2 unspecified atom stereocenters. The monoisotopic (exact) mass is 442 g/mol. The maximum absolute atomic E-state index is 12.9. The van der Waals surface area contributed by atoms with Gasteiger partial charge in [0.05, 0.1) is 35.6 Å². The fourth-order valence-corrected chi connectivity index (χ4v) is 5.15. The molecule has 0 spiro atoms. The number of likely N-dealkylation sites (N-methyl/N-ethyl adjacent to an activating group) is 1. The number of hydrogen-bond donors (Lipinski definition) is 5. The van der Waals surface area contributed by atoms with Gasteiger partial charge in [-0.15, -0.1) is 12.4 Å². The van der Waals surface area contributed by atoms with Crippen LogP contribution in [0.4, 0.5) is 0 Å². The number of aliphatic hydroxyl groups excluding tert-OH is 4. The molecule has 0 aromatic rings. The zero-order valence-electron chi connectivity index (χ0n) is 16.9. The summed E-state index contributed by atoms with van der Waals surface area (Å²) in [6, 6.07) is -1.09. The molecule has 8 nitrogen and oxygen atoms in total. The first kappa shape index (κ1) is 25.9. The van der Waals surface area contributed by atoms with Gasteiger partial charge in [0, 0.05) is 6.54 Å². The minimum absolute atomic E-state index is 0. The van der Waals surface area contributed by atoms with E-state index in [1.807, 2.05) is 11.9 Å². The van der Waals surface area contributed by atoms with Gasteiger partial charge in [0.2, 0.25) is 5.91 Å². The van der Waals surface area contributed by atoms with Crippen molar-refractivity contribution in [1.82, 2.24) is 10.2 Å². The molecular weight excluding hydrogens is 408 g/mol. The lowest BCUT2D eigenvalue weighted by molar-refractivity contribution is -0.251. The van der Waals surface area contributed by atoms with Crippen molar-refractivity contribution < 1.29 is 30.0 Å². The summed E-state index contributed by atoms with van der Waals surface area (Å²) in [5, 5.41) is 42.6. The van der Waals surface area contributed by atoms with Crippen LogP contribution in [0.15, 0.2) is 0 Å². The van der Waals surface area contributed by atoms with Gasteiger partial charge in [-0.05, 0) is 39.0 Å². The molecule has 0 saturated carbocycles. The Labute approximate surface area is 177 Å². The molecule has 0 radical (unpaired) electrons. The number of likely N-dealkylation sites (tertiary alicyclic amines) is 1. The first-order chi connectivity index (χ1) is 12.7. The molecule has 5 N–H and O–H groups in total. The van der Waals surface area contributed by atoms with Crippen molar-refractivity contribution >= 4 is 30.1 Å². The first-order valence-electron chi connectivity index (χ1n) is 9.62. The predicted octanol–water partition coefficient (Wildman–Crippen LogP) is -0.435. The molecule has 2 fully saturated rings. The van der Waals surface area contributed by atoms with Crippen molar-refractivity contribution in [3.63, 3.8) is 0 Å². The molecule has 28 heavy (non-hydrogen) atoms. The molecule has 9 atom stereocenters. The van der Waals surface area contributed by atoms with Gasteiger partial charge >= 0.3 is 0 Å². The highest BCUT2D eigenvalue weighted by molar-refractivity contribution is 7.99. The number of aliphatic hydroxyl groups is 4. The molecule has 2 rings (SSSR count). The van der Waals surface area contributed by atoms with E-state index in [0.717, 1.165) is 25.8 Å². The van der Waals surface area contributed by atoms with Gasteiger partial charge in [0.15, 0.2) is 6.29 Å². The molecule has 2 aliphatic heterocycles. The number of nitrogens with zero attached hydrogens (tertiary/aromatic N) is 1. The zero-order valence-corrected chi connectivity index (χ0v) is 18.5. The largest absolute Gasteiger partial charge is 0.391 e. The normalized spacial score (nSPS) is 38.5. The molecule has 0 aromatic carbocycles. The minimum atomic E-state index is -1.57. The summed E-state index contributed by atoms with van der Waals surface area (Å²) < 4.78 is 5.48. The summed E-state index contributed by atoms with van der Waals surface area (Å²) in [4.78, 5) is 14.9. The molecular formula is C18H35ClN2O6S. The highest BCUT2D eigenvalue weighted by Crippen LogP contribution is 2.31. The SMILES string of the molecule is CCC[C@@H]1C[C@@H](C(=O)N[C@@H](C(C)O)C2O[C@@H](O)[C@@H](O)[C@@H](O)[C@H]2SC)N(C)C1.Cl. The smallest absolute Gasteiger partial charge is 0.237 e. The van der Waals surface area contributed by atoms with E-state index >= 15 is 0 Å². The number of nitrogens with one attached hydrogen (secondary N) is 1. The highest BCUT2D eigenvalue weighted by Gasteiger charge is 2.48. The van der Waals surface area contributed by atoms with Gasteiger partial charge in [-0.3, -0.25) is 9.69 Å². The standard InChI is InChI=1S/C18H34N2O6S.ClH/c1-5-6-10-7-11(20(3)8-10)17(24)19-12(9(2)21)15-16(27-4)13(22)14(23)18(25)26-15;/h9-16,18,21-23,25H,5-8H2,1-4H3,(H,19,24);1H/t9?,10-,11+,12+,13-,14+,15?,16-,18-;/m1./s1. The highest BCUT2D eigenvalue weighted by atomic mass is 35.5. The van der Waals surface area contributed by atoms with Crippen LogP contribution in [0.2, 0.25) is 0 Å². The van der Waals surface area contributed by atoms with Crippen LogP contribution in [0.1, 0.15) is 33.1 Å². The number of halogens is 1. The summed E-state index contributed by atoms with van der Waals surface area (Å²) in [6.07, 6.45) is -1.36. The van der Waals surface area contributed by atoms with E-state index in [-0.39, 0.29) is 24.4 Å². The van der Waals surface area contributed by atoms with E-state index in [9.17, 15) is 25.2 Å². The van der Waals surface area contributed by atoms with E-state index in [1.54, 1.807) is 6.26 Å². The van der Waals surface area contributed by atoms with Gasteiger partial charge in [-0.25, -0.2) is 0 Å². The lowest BCUT2D eigenvalue weighted by Gasteiger charge is -2.44. The molecule has 10 heteroatoms. The predicted molar refractivity (Wildman–Crippen MR) is 110 cm³/mol. The van der Waals surface area contributed by atoms with Crippen molar-refractivity contribution in [2.24, 2.45) is 5.92 Å². The van der Waals surface area contributed by atoms with Gasteiger partial charge < -0.3 is 30.5 Å². The summed E-state index contributed by atoms with van der Waals surface area (Å²) in [5.41, 5.74) is 0. The molecule has 0 aromatic heterocycles. The number of carbonyl (C=O) groups is 1. The van der Waals surface area contributed by atoms with Crippen molar-refractivity contribution in [2.45, 2.75) is 81.1 Å². The number of carbonyl (C=O) groups excluding carboxylic acids is 1. The van der Waals surface area contributed by atoms with E-state index in [1.165, 1.54) is 18.7 Å². The summed E-state index contributed by atoms with van der Waals surface area (Å²) >= 11 is 1.26. The van der Waals surface area contributed by atoms with Crippen molar-refractivity contribution in [3.05, 3.63) is 0 Å². The molecule has 0 aliphatic carbocycles. The molecule has 2 saturated heterocycles. The maximum Gasteiger partial charge on any atom is 0.237 e. The Hall–Kier alpha value is -0.130. The Bertz CT molecular complexity index is 503. The van der Waals surface area contributed by atoms with E-state index in [4.69, 9.17) is 4.74 Å². The number of rotatable bonds is 7. The topological polar surface area (TPSA) is 122 Å². The quantitative estimate of drug-likeness (QED) is 0.360. The van der Waals surface area contributed by atoms with Gasteiger partial charge in [-0.1, -0.05) is 13.3 Å². The Morgan fingerprint density at radius 2 is 1.96 bits per heavy atom. The van der Waals surface area contributed by atoms with Crippen LogP contribution in [0.25, 0.3) is 0 Å². The third-order valence-electron chi connectivity index (χ3n) is 5.69. The third kappa shape index (κ3) is 5.72. The fraction of sp³-hybridized carbons (Fsp3) is 0.944. The van der Waals surface area contributed by atoms with E-state index in [2.05, 4.69) is 12.2 Å². The average Bonchev–Trinajstić information content (AvgIpc) is 2.98. The Morgan fingerprint density at radius 1 is 1.32 bits per heavy atom. The van der Waals surface area contributed by atoms with Crippen LogP contribution in [0.3, 0.4) is 0 Å². The van der Waals surface area contributed by atoms with Crippen LogP contribution < -0.4 is 5.32 Å². The van der Waals surface area contributed by atoms with Crippen LogP contribution >= 0.6 is 24.2 Å². The zero-order chi connectivity index (χ0) is 20.3. The van der Waals surface area contributed by atoms with Crippen LogP contribution in [0.5, 0.6) is 0 Å². The van der Waals surface area contributed by atoms with Gasteiger partial charge in [0.1, 0.15) is 6.10 Å². The van der Waals surface area contributed by atoms with E-state index in [0.29, 0.717) is 5.92 Å². The summed E-state index contributed by atoms with van der Waals surface area (Å²) in [6.45, 7) is 4.53. The van der Waals surface area contributed by atoms with E-state index < -0.39 is 42.0 Å². The number of thioether (sulfide) groups is 1. The van der Waals surface area contributed by atoms with Gasteiger partial charge in [-0.2, -0.15) is 11.8 Å². The molecule has 1 amide bonds. The van der Waals surface area contributed by atoms with Crippen LogP contribution in [-0.4, -0.2) is 99.1 Å². The van der Waals surface area contributed by atoms with Crippen LogP contribution in [-0.2, 0) is 9.53 Å². The maximum atomic E-state index is 12.9. The molecule has 0 bridgehead atoms. The number of ether oxygens (including phenoxy) is 1. The van der Waals surface area contributed by atoms with Crippen LogP contribution in [0, 0.1) is 5.92 Å². The summed E-state index contributed by atoms with van der Waals surface area (Å²) in [5.74, 6) is 0.282. The van der Waals surface area contributed by atoms with Crippen molar-refractivity contribution in [2.75, 3.05) is 19.8 Å². The second-order valence-corrected chi connectivity index (χ2v) is 8.81. The fourth-order valence-electron chi connectivity index (χ4n) is 4.21. The summed E-state index contributed by atoms with van der Waals surface area (Å²) in [7, 11) is 1.92. The van der Waals surface area contributed by atoms with Crippen molar-refractivity contribution in [1.29, 1.82) is 0 Å². The Kier molecular flexibility index (Phi) is 10.5. The Balaban J connectivity index is 0.00000392. The van der Waals surface area contributed by atoms with Gasteiger partial charge in [0.25, 0.3) is 0 Å². The second-order valence-electron chi connectivity index (χ2n) is 7.79. The number of amides is 1. The molecule has 2 aliphatic rings. The first-order valence-corrected chi connectivity index (χ1v) is 10.9. The lowest BCUT2D eigenvalue weighted by atomic mass is 9.93.